The minimum atomic E-state index is -1.52. The van der Waals surface area contributed by atoms with Crippen molar-refractivity contribution in [2.45, 2.75) is 64.4 Å². The first-order chi connectivity index (χ1) is 11.7. The van der Waals surface area contributed by atoms with E-state index in [2.05, 4.69) is 18.6 Å². The minimum absolute atomic E-state index is 0.0616. The molecule has 25 heavy (non-hydrogen) atoms. The van der Waals surface area contributed by atoms with E-state index in [1.807, 2.05) is 0 Å². The third kappa shape index (κ3) is 4.60. The van der Waals surface area contributed by atoms with Gasteiger partial charge in [-0.1, -0.05) is 13.8 Å². The van der Waals surface area contributed by atoms with Gasteiger partial charge in [-0.25, -0.2) is 8.60 Å². The van der Waals surface area contributed by atoms with E-state index in [1.165, 1.54) is 18.7 Å². The van der Waals surface area contributed by atoms with Crippen LogP contribution < -0.4 is 9.46 Å². The van der Waals surface area contributed by atoms with E-state index in [1.54, 1.807) is 6.07 Å². The number of carbonyl (C=O) groups excluding carboxylic acids is 1. The summed E-state index contributed by atoms with van der Waals surface area (Å²) in [5.41, 5.74) is 1.08. The smallest absolute Gasteiger partial charge is 0.265 e. The lowest BCUT2D eigenvalue weighted by Crippen LogP contribution is -2.30. The second-order valence-corrected chi connectivity index (χ2v) is 9.14. The Kier molecular flexibility index (Phi) is 5.19. The largest absolute Gasteiger partial charge is 0.490 e. The molecule has 2 aliphatic rings. The second-order valence-electron chi connectivity index (χ2n) is 8.03. The van der Waals surface area contributed by atoms with Gasteiger partial charge in [0.25, 0.3) is 5.91 Å². The van der Waals surface area contributed by atoms with Crippen LogP contribution in [0.3, 0.4) is 0 Å². The van der Waals surface area contributed by atoms with Gasteiger partial charge in [0.1, 0.15) is 22.6 Å². The van der Waals surface area contributed by atoms with Crippen molar-refractivity contribution in [3.63, 3.8) is 0 Å². The Bertz CT molecular complexity index is 700. The molecular formula is C19H26FNO3S. The third-order valence-electron chi connectivity index (χ3n) is 5.05. The molecule has 1 aromatic rings. The first-order valence-electron chi connectivity index (χ1n) is 8.90. The fourth-order valence-electron chi connectivity index (χ4n) is 3.66. The first kappa shape index (κ1) is 18.4. The number of nitrogens with one attached hydrogen (secondary N) is 1. The number of rotatable bonds is 5. The summed E-state index contributed by atoms with van der Waals surface area (Å²) in [4.78, 5) is 12.1. The minimum Gasteiger partial charge on any atom is -0.490 e. The molecule has 1 aromatic carbocycles. The van der Waals surface area contributed by atoms with Gasteiger partial charge in [-0.2, -0.15) is 0 Å². The molecule has 0 spiro atoms. The molecule has 0 bridgehead atoms. The van der Waals surface area contributed by atoms with E-state index in [9.17, 15) is 13.4 Å². The average Bonchev–Trinajstić information content (AvgIpc) is 3.30. The highest BCUT2D eigenvalue weighted by Crippen LogP contribution is 2.46. The van der Waals surface area contributed by atoms with E-state index in [4.69, 9.17) is 4.74 Å². The van der Waals surface area contributed by atoms with Crippen LogP contribution in [-0.4, -0.2) is 22.5 Å². The summed E-state index contributed by atoms with van der Waals surface area (Å²) in [7, 11) is -1.52. The van der Waals surface area contributed by atoms with Crippen molar-refractivity contribution < 1.29 is 18.1 Å². The highest BCUT2D eigenvalue weighted by atomic mass is 32.2. The highest BCUT2D eigenvalue weighted by Gasteiger charge is 2.33. The maximum absolute atomic E-state index is 14.5. The lowest BCUT2D eigenvalue weighted by atomic mass is 9.76. The van der Waals surface area contributed by atoms with Crippen molar-refractivity contribution >= 4 is 16.9 Å². The molecule has 0 saturated heterocycles. The summed E-state index contributed by atoms with van der Waals surface area (Å²) in [5.74, 6) is -0.384. The molecule has 138 valence electrons. The van der Waals surface area contributed by atoms with Crippen LogP contribution in [0.2, 0.25) is 0 Å². The summed E-state index contributed by atoms with van der Waals surface area (Å²) < 4.78 is 34.1. The van der Waals surface area contributed by atoms with Gasteiger partial charge in [0.2, 0.25) is 0 Å². The molecular weight excluding hydrogens is 341 g/mol. The number of amides is 1. The normalized spacial score (nSPS) is 23.8. The Morgan fingerprint density at radius 2 is 2.04 bits per heavy atom. The number of carbonyl (C=O) groups is 1. The second kappa shape index (κ2) is 7.06. The van der Waals surface area contributed by atoms with Crippen molar-refractivity contribution in [3.05, 3.63) is 29.1 Å². The molecule has 2 atom stereocenters. The molecule has 2 fully saturated rings. The van der Waals surface area contributed by atoms with Gasteiger partial charge in [0.05, 0.1) is 11.7 Å². The van der Waals surface area contributed by atoms with Crippen LogP contribution in [0.4, 0.5) is 4.39 Å². The van der Waals surface area contributed by atoms with Crippen LogP contribution in [0.1, 0.15) is 74.2 Å². The number of ether oxygens (including phenoxy) is 1. The standard InChI is InChI=1S/C19H26FNO3S/c1-19(2)8-4-5-13(11-19)24-17-10-16(20)15(18(22)21-25(3)23)9-14(17)12-6-7-12/h9-10,12-13H,4-8,11H2,1-3H3,(H,21,22). The molecule has 0 aromatic heterocycles. The van der Waals surface area contributed by atoms with Crippen molar-refractivity contribution in [1.82, 2.24) is 4.72 Å². The number of hydrogen-bond donors (Lipinski definition) is 1. The lowest BCUT2D eigenvalue weighted by Gasteiger charge is -2.35. The molecule has 0 aliphatic heterocycles. The first-order valence-corrected chi connectivity index (χ1v) is 10.5. The molecule has 4 nitrogen and oxygen atoms in total. The van der Waals surface area contributed by atoms with Gasteiger partial charge in [-0.15, -0.1) is 0 Å². The third-order valence-corrected chi connectivity index (χ3v) is 5.52. The average molecular weight is 367 g/mol. The van der Waals surface area contributed by atoms with Crippen LogP contribution in [0.25, 0.3) is 0 Å². The predicted octanol–water partition coefficient (Wildman–Crippen LogP) is 4.07. The summed E-state index contributed by atoms with van der Waals surface area (Å²) in [6.45, 7) is 4.48. The van der Waals surface area contributed by atoms with Gasteiger partial charge in [0, 0.05) is 12.3 Å². The van der Waals surface area contributed by atoms with Crippen molar-refractivity contribution in [1.29, 1.82) is 0 Å². The van der Waals surface area contributed by atoms with Gasteiger partial charge in [-0.05, 0) is 61.5 Å². The quantitative estimate of drug-likeness (QED) is 0.853. The molecule has 1 N–H and O–H groups in total. The summed E-state index contributed by atoms with van der Waals surface area (Å²) in [6.07, 6.45) is 7.72. The van der Waals surface area contributed by atoms with E-state index in [0.717, 1.165) is 37.7 Å². The fraction of sp³-hybridized carbons (Fsp3) is 0.632. The van der Waals surface area contributed by atoms with Gasteiger partial charge in [-0.3, -0.25) is 9.52 Å². The van der Waals surface area contributed by atoms with E-state index < -0.39 is 22.7 Å². The van der Waals surface area contributed by atoms with E-state index in [-0.39, 0.29) is 17.1 Å². The Morgan fingerprint density at radius 1 is 1.32 bits per heavy atom. The zero-order valence-electron chi connectivity index (χ0n) is 15.1. The van der Waals surface area contributed by atoms with Crippen LogP contribution >= 0.6 is 0 Å². The van der Waals surface area contributed by atoms with Crippen LogP contribution in [0.15, 0.2) is 12.1 Å². The van der Waals surface area contributed by atoms with Gasteiger partial charge in [0.15, 0.2) is 0 Å². The summed E-state index contributed by atoms with van der Waals surface area (Å²) in [6, 6.07) is 2.92. The number of hydrogen-bond acceptors (Lipinski definition) is 3. The molecule has 2 unspecified atom stereocenters. The van der Waals surface area contributed by atoms with Crippen molar-refractivity contribution in [2.75, 3.05) is 6.26 Å². The number of benzene rings is 1. The van der Waals surface area contributed by atoms with Gasteiger partial charge < -0.3 is 4.74 Å². The molecule has 3 rings (SSSR count). The molecule has 2 saturated carbocycles. The van der Waals surface area contributed by atoms with E-state index >= 15 is 0 Å². The van der Waals surface area contributed by atoms with Crippen LogP contribution in [0.5, 0.6) is 5.75 Å². The molecule has 2 aliphatic carbocycles. The highest BCUT2D eigenvalue weighted by molar-refractivity contribution is 7.82. The van der Waals surface area contributed by atoms with Crippen molar-refractivity contribution in [2.24, 2.45) is 5.41 Å². The lowest BCUT2D eigenvalue weighted by molar-refractivity contribution is 0.0840. The zero-order valence-corrected chi connectivity index (χ0v) is 15.9. The Hall–Kier alpha value is -1.43. The monoisotopic (exact) mass is 367 g/mol. The Balaban J connectivity index is 1.85. The molecule has 0 heterocycles. The van der Waals surface area contributed by atoms with Gasteiger partial charge >= 0.3 is 0 Å². The molecule has 6 heteroatoms. The zero-order chi connectivity index (χ0) is 18.2. The molecule has 0 radical (unpaired) electrons. The topological polar surface area (TPSA) is 55.4 Å². The van der Waals surface area contributed by atoms with Crippen LogP contribution in [-0.2, 0) is 11.0 Å². The maximum atomic E-state index is 14.5. The van der Waals surface area contributed by atoms with Crippen LogP contribution in [0, 0.1) is 11.2 Å². The number of halogens is 1. The predicted molar refractivity (Wildman–Crippen MR) is 96.6 cm³/mol. The Labute approximate surface area is 151 Å². The van der Waals surface area contributed by atoms with E-state index in [0.29, 0.717) is 11.7 Å². The fourth-order valence-corrected chi connectivity index (χ4v) is 4.03. The molecule has 1 amide bonds. The maximum Gasteiger partial charge on any atom is 0.265 e. The Morgan fingerprint density at radius 3 is 2.64 bits per heavy atom. The SMILES string of the molecule is CS(=O)NC(=O)c1cc(C2CC2)c(OC2CCCC(C)(C)C2)cc1F. The summed E-state index contributed by atoms with van der Waals surface area (Å²) in [5, 5.41) is 0. The van der Waals surface area contributed by atoms with Crippen molar-refractivity contribution in [3.8, 4) is 5.75 Å². The summed E-state index contributed by atoms with van der Waals surface area (Å²) >= 11 is 0.